The lowest BCUT2D eigenvalue weighted by Crippen LogP contribution is -2.45. The highest BCUT2D eigenvalue weighted by Crippen LogP contribution is 2.38. The van der Waals surface area contributed by atoms with Gasteiger partial charge in [-0.3, -0.25) is 14.3 Å². The van der Waals surface area contributed by atoms with Crippen molar-refractivity contribution in [3.63, 3.8) is 0 Å². The van der Waals surface area contributed by atoms with Crippen LogP contribution in [0.2, 0.25) is 0 Å². The van der Waals surface area contributed by atoms with Gasteiger partial charge in [0.25, 0.3) is 10.0 Å². The highest BCUT2D eigenvalue weighted by atomic mass is 32.2. The maximum absolute atomic E-state index is 13.0. The smallest absolute Gasteiger partial charge is 0.261 e. The fourth-order valence-electron chi connectivity index (χ4n) is 3.92. The number of likely N-dealkylation sites (tertiary alicyclic amines) is 1. The SMILES string of the molecule is Cc1ccc(C)c(NS(=O)(=O)c2ccc3c(c2)NC(=O)C(C(=O)N2CCCCCC2)S3)c1. The maximum Gasteiger partial charge on any atom is 0.261 e. The van der Waals surface area contributed by atoms with E-state index < -0.39 is 21.2 Å². The van der Waals surface area contributed by atoms with Crippen LogP contribution in [0.25, 0.3) is 0 Å². The van der Waals surface area contributed by atoms with Crippen LogP contribution in [-0.4, -0.2) is 43.5 Å². The van der Waals surface area contributed by atoms with Crippen LogP contribution in [0.3, 0.4) is 0 Å². The minimum absolute atomic E-state index is 0.0513. The van der Waals surface area contributed by atoms with E-state index in [1.54, 1.807) is 17.0 Å². The molecular weight excluding hydrogens is 446 g/mol. The van der Waals surface area contributed by atoms with Gasteiger partial charge in [-0.2, -0.15) is 0 Å². The van der Waals surface area contributed by atoms with Crippen LogP contribution in [0.1, 0.15) is 36.8 Å². The van der Waals surface area contributed by atoms with Crippen LogP contribution in [0.5, 0.6) is 0 Å². The number of rotatable bonds is 4. The van der Waals surface area contributed by atoms with Crippen molar-refractivity contribution in [3.8, 4) is 0 Å². The molecule has 2 amide bonds. The van der Waals surface area contributed by atoms with Crippen LogP contribution in [0.4, 0.5) is 11.4 Å². The monoisotopic (exact) mass is 473 g/mol. The third kappa shape index (κ3) is 4.78. The molecule has 0 saturated carbocycles. The van der Waals surface area contributed by atoms with Crippen molar-refractivity contribution < 1.29 is 18.0 Å². The van der Waals surface area contributed by atoms with Gasteiger partial charge in [-0.05, 0) is 62.1 Å². The number of anilines is 2. The minimum atomic E-state index is -3.84. The molecule has 170 valence electrons. The molecule has 2 heterocycles. The number of benzene rings is 2. The minimum Gasteiger partial charge on any atom is -0.341 e. The van der Waals surface area contributed by atoms with Crippen LogP contribution < -0.4 is 10.0 Å². The summed E-state index contributed by atoms with van der Waals surface area (Å²) < 4.78 is 28.5. The first-order chi connectivity index (χ1) is 15.2. The molecule has 0 aromatic heterocycles. The van der Waals surface area contributed by atoms with Gasteiger partial charge < -0.3 is 10.2 Å². The number of carbonyl (C=O) groups is 2. The summed E-state index contributed by atoms with van der Waals surface area (Å²) in [6.07, 6.45) is 4.11. The average Bonchev–Trinajstić information content (AvgIpc) is 3.04. The van der Waals surface area contributed by atoms with E-state index in [1.807, 2.05) is 26.0 Å². The Kier molecular flexibility index (Phi) is 6.48. The first-order valence-electron chi connectivity index (χ1n) is 10.7. The molecule has 9 heteroatoms. The molecule has 2 aromatic carbocycles. The average molecular weight is 474 g/mol. The van der Waals surface area contributed by atoms with Crippen LogP contribution in [0.15, 0.2) is 46.2 Å². The Labute approximate surface area is 193 Å². The van der Waals surface area contributed by atoms with Gasteiger partial charge in [0.05, 0.1) is 16.3 Å². The van der Waals surface area contributed by atoms with Gasteiger partial charge in [0.15, 0.2) is 5.25 Å². The molecular formula is C23H27N3O4S2. The van der Waals surface area contributed by atoms with Crippen LogP contribution >= 0.6 is 11.8 Å². The largest absolute Gasteiger partial charge is 0.341 e. The quantitative estimate of drug-likeness (QED) is 0.656. The van der Waals surface area contributed by atoms with Crippen molar-refractivity contribution in [1.29, 1.82) is 0 Å². The Morgan fingerprint density at radius 1 is 1.06 bits per heavy atom. The van der Waals surface area contributed by atoms with E-state index in [-0.39, 0.29) is 10.8 Å². The van der Waals surface area contributed by atoms with Gasteiger partial charge in [-0.1, -0.05) is 25.0 Å². The molecule has 7 nitrogen and oxygen atoms in total. The number of nitrogens with zero attached hydrogens (tertiary/aromatic N) is 1. The van der Waals surface area contributed by atoms with E-state index in [4.69, 9.17) is 0 Å². The number of nitrogens with one attached hydrogen (secondary N) is 2. The molecule has 0 aliphatic carbocycles. The van der Waals surface area contributed by atoms with E-state index in [1.165, 1.54) is 23.9 Å². The van der Waals surface area contributed by atoms with Gasteiger partial charge >= 0.3 is 0 Å². The molecule has 0 radical (unpaired) electrons. The van der Waals surface area contributed by atoms with Crippen molar-refractivity contribution in [3.05, 3.63) is 47.5 Å². The van der Waals surface area contributed by atoms with E-state index >= 15 is 0 Å². The second-order valence-electron chi connectivity index (χ2n) is 8.31. The summed E-state index contributed by atoms with van der Waals surface area (Å²) in [4.78, 5) is 28.2. The molecule has 2 aliphatic rings. The maximum atomic E-state index is 13.0. The van der Waals surface area contributed by atoms with Gasteiger partial charge in [0.1, 0.15) is 0 Å². The van der Waals surface area contributed by atoms with E-state index in [0.717, 1.165) is 36.8 Å². The summed E-state index contributed by atoms with van der Waals surface area (Å²) in [7, 11) is -3.84. The van der Waals surface area contributed by atoms with Crippen molar-refractivity contribution in [2.45, 2.75) is 54.6 Å². The molecule has 32 heavy (non-hydrogen) atoms. The van der Waals surface area contributed by atoms with Crippen LogP contribution in [-0.2, 0) is 19.6 Å². The second kappa shape index (κ2) is 9.15. The predicted octanol–water partition coefficient (Wildman–Crippen LogP) is 3.92. The van der Waals surface area contributed by atoms with E-state index in [9.17, 15) is 18.0 Å². The summed E-state index contributed by atoms with van der Waals surface area (Å²) >= 11 is 1.18. The highest BCUT2D eigenvalue weighted by molar-refractivity contribution is 8.01. The third-order valence-electron chi connectivity index (χ3n) is 5.78. The Bertz CT molecular complexity index is 1160. The van der Waals surface area contributed by atoms with Gasteiger partial charge in [0.2, 0.25) is 11.8 Å². The fraction of sp³-hybridized carbons (Fsp3) is 0.391. The number of sulfonamides is 1. The Balaban J connectivity index is 1.54. The molecule has 2 aliphatic heterocycles. The lowest BCUT2D eigenvalue weighted by Gasteiger charge is -2.29. The van der Waals surface area contributed by atoms with Gasteiger partial charge in [-0.15, -0.1) is 11.8 Å². The van der Waals surface area contributed by atoms with Gasteiger partial charge in [0, 0.05) is 18.0 Å². The lowest BCUT2D eigenvalue weighted by atomic mass is 10.1. The normalized spacial score (nSPS) is 19.0. The summed E-state index contributed by atoms with van der Waals surface area (Å²) in [5, 5.41) is 1.89. The lowest BCUT2D eigenvalue weighted by molar-refractivity contribution is -0.133. The zero-order chi connectivity index (χ0) is 22.9. The van der Waals surface area contributed by atoms with Crippen molar-refractivity contribution >= 4 is 45.0 Å². The summed E-state index contributed by atoms with van der Waals surface area (Å²) in [6.45, 7) is 5.09. The molecule has 1 saturated heterocycles. The molecule has 2 aromatic rings. The first kappa shape index (κ1) is 22.7. The van der Waals surface area contributed by atoms with Crippen molar-refractivity contribution in [1.82, 2.24) is 4.90 Å². The summed E-state index contributed by atoms with van der Waals surface area (Å²) in [5.74, 6) is -0.581. The number of carbonyl (C=O) groups excluding carboxylic acids is 2. The van der Waals surface area contributed by atoms with E-state index in [0.29, 0.717) is 29.4 Å². The van der Waals surface area contributed by atoms with Gasteiger partial charge in [-0.25, -0.2) is 8.42 Å². The van der Waals surface area contributed by atoms with Crippen molar-refractivity contribution in [2.24, 2.45) is 0 Å². The summed E-state index contributed by atoms with van der Waals surface area (Å²) in [6, 6.07) is 10.2. The topological polar surface area (TPSA) is 95.6 Å². The number of hydrogen-bond donors (Lipinski definition) is 2. The number of thioether (sulfide) groups is 1. The molecule has 0 bridgehead atoms. The zero-order valence-electron chi connectivity index (χ0n) is 18.2. The first-order valence-corrected chi connectivity index (χ1v) is 13.1. The Hall–Kier alpha value is -2.52. The molecule has 0 spiro atoms. The standard InChI is InChI=1S/C23H27N3O4S2/c1-15-7-8-16(2)18(13-15)25-32(29,30)17-9-10-20-19(14-17)24-22(27)21(31-20)23(28)26-11-5-3-4-6-12-26/h7-10,13-14,21,25H,3-6,11-12H2,1-2H3,(H,24,27). The molecule has 1 atom stereocenters. The number of hydrogen-bond acceptors (Lipinski definition) is 5. The van der Waals surface area contributed by atoms with E-state index in [2.05, 4.69) is 10.0 Å². The molecule has 1 unspecified atom stereocenters. The number of aryl methyl sites for hydroxylation is 2. The second-order valence-corrected chi connectivity index (χ2v) is 11.1. The van der Waals surface area contributed by atoms with Crippen molar-refractivity contribution in [2.75, 3.05) is 23.1 Å². The zero-order valence-corrected chi connectivity index (χ0v) is 19.8. The third-order valence-corrected chi connectivity index (χ3v) is 8.41. The number of fused-ring (bicyclic) bond motifs is 1. The fourth-order valence-corrected chi connectivity index (χ4v) is 6.13. The molecule has 4 rings (SSSR count). The highest BCUT2D eigenvalue weighted by Gasteiger charge is 2.36. The molecule has 2 N–H and O–H groups in total. The Morgan fingerprint density at radius 2 is 1.78 bits per heavy atom. The Morgan fingerprint density at radius 3 is 2.50 bits per heavy atom. The van der Waals surface area contributed by atoms with Crippen LogP contribution in [0, 0.1) is 13.8 Å². The predicted molar refractivity (Wildman–Crippen MR) is 126 cm³/mol. The summed E-state index contributed by atoms with van der Waals surface area (Å²) in [5.41, 5.74) is 2.69. The molecule has 1 fully saturated rings. The number of amides is 2.